The van der Waals surface area contributed by atoms with Gasteiger partial charge in [-0.2, -0.15) is 0 Å². The summed E-state index contributed by atoms with van der Waals surface area (Å²) in [5.74, 6) is 0. The first kappa shape index (κ1) is 8.16. The number of rotatable bonds is 4. The fourth-order valence-corrected chi connectivity index (χ4v) is 0.706. The van der Waals surface area contributed by atoms with Crippen molar-refractivity contribution in [2.75, 3.05) is 13.2 Å². The number of aliphatic hydroxyl groups excluding tert-OH is 1. The highest BCUT2D eigenvalue weighted by Crippen LogP contribution is 2.03. The van der Waals surface area contributed by atoms with Crippen molar-refractivity contribution in [1.29, 1.82) is 0 Å². The highest BCUT2D eigenvalue weighted by molar-refractivity contribution is 4.62. The van der Waals surface area contributed by atoms with Crippen LogP contribution in [0.5, 0.6) is 0 Å². The molecule has 0 saturated heterocycles. The van der Waals surface area contributed by atoms with E-state index in [0.29, 0.717) is 6.61 Å². The number of aliphatic hydroxyl groups is 1. The maximum absolute atomic E-state index is 8.45. The van der Waals surface area contributed by atoms with Crippen LogP contribution in [-0.2, 0) is 4.74 Å². The zero-order chi connectivity index (χ0) is 8.10. The second-order valence-electron chi connectivity index (χ2n) is 2.10. The Labute approximate surface area is 64.6 Å². The summed E-state index contributed by atoms with van der Waals surface area (Å²) in [6.07, 6.45) is 3.03. The fraction of sp³-hybridized carbons (Fsp3) is 0.667. The molecular weight excluding hydrogens is 146 g/mol. The summed E-state index contributed by atoms with van der Waals surface area (Å²) < 4.78 is 6.89. The van der Waals surface area contributed by atoms with E-state index in [1.54, 1.807) is 17.2 Å². The van der Waals surface area contributed by atoms with Crippen molar-refractivity contribution in [3.05, 3.63) is 12.7 Å². The number of ether oxygens (including phenoxy) is 1. The van der Waals surface area contributed by atoms with Gasteiger partial charge in [0.25, 0.3) is 0 Å². The summed E-state index contributed by atoms with van der Waals surface area (Å²) in [5.41, 5.74) is 0. The molecule has 0 spiro atoms. The Hall–Kier alpha value is -0.940. The van der Waals surface area contributed by atoms with Crippen molar-refractivity contribution < 1.29 is 9.84 Å². The zero-order valence-corrected chi connectivity index (χ0v) is 6.34. The Balaban J connectivity index is 2.36. The van der Waals surface area contributed by atoms with Gasteiger partial charge in [0, 0.05) is 0 Å². The Kier molecular flexibility index (Phi) is 3.00. The minimum absolute atomic E-state index is 0.0342. The second-order valence-corrected chi connectivity index (χ2v) is 2.10. The van der Waals surface area contributed by atoms with Gasteiger partial charge in [-0.3, -0.25) is 4.57 Å². The van der Waals surface area contributed by atoms with Crippen LogP contribution in [0.1, 0.15) is 13.2 Å². The van der Waals surface area contributed by atoms with Crippen LogP contribution in [0.15, 0.2) is 12.7 Å². The van der Waals surface area contributed by atoms with Crippen molar-refractivity contribution >= 4 is 0 Å². The lowest BCUT2D eigenvalue weighted by Crippen LogP contribution is -2.10. The van der Waals surface area contributed by atoms with Crippen LogP contribution in [0.2, 0.25) is 0 Å². The molecule has 5 nitrogen and oxygen atoms in total. The minimum atomic E-state index is -0.114. The lowest BCUT2D eigenvalue weighted by Gasteiger charge is -2.11. The summed E-state index contributed by atoms with van der Waals surface area (Å²) in [5, 5.41) is 15.7. The van der Waals surface area contributed by atoms with E-state index < -0.39 is 0 Å². The smallest absolute Gasteiger partial charge is 0.133 e. The Morgan fingerprint density at radius 1 is 1.55 bits per heavy atom. The van der Waals surface area contributed by atoms with Gasteiger partial charge in [0.05, 0.1) is 13.2 Å². The molecule has 0 fully saturated rings. The zero-order valence-electron chi connectivity index (χ0n) is 6.34. The number of nitrogens with zero attached hydrogens (tertiary/aromatic N) is 3. The summed E-state index contributed by atoms with van der Waals surface area (Å²) >= 11 is 0. The SMILES string of the molecule is CC(OCCO)n1cnnc1. The molecular formula is C6H11N3O2. The van der Waals surface area contributed by atoms with Crippen molar-refractivity contribution in [2.24, 2.45) is 0 Å². The first-order valence-electron chi connectivity index (χ1n) is 3.41. The van der Waals surface area contributed by atoms with E-state index in [4.69, 9.17) is 9.84 Å². The molecule has 0 saturated carbocycles. The lowest BCUT2D eigenvalue weighted by molar-refractivity contribution is -0.00312. The summed E-state index contributed by atoms with van der Waals surface area (Å²) in [6.45, 7) is 2.23. The van der Waals surface area contributed by atoms with E-state index in [-0.39, 0.29) is 12.8 Å². The van der Waals surface area contributed by atoms with Gasteiger partial charge in [-0.25, -0.2) is 0 Å². The van der Waals surface area contributed by atoms with Crippen molar-refractivity contribution in [3.8, 4) is 0 Å². The molecule has 1 aromatic heterocycles. The van der Waals surface area contributed by atoms with Gasteiger partial charge >= 0.3 is 0 Å². The van der Waals surface area contributed by atoms with Crippen molar-refractivity contribution in [3.63, 3.8) is 0 Å². The van der Waals surface area contributed by atoms with E-state index in [1.165, 1.54) is 0 Å². The second kappa shape index (κ2) is 4.05. The van der Waals surface area contributed by atoms with Crippen LogP contribution in [0, 0.1) is 0 Å². The molecule has 1 rings (SSSR count). The minimum Gasteiger partial charge on any atom is -0.394 e. The summed E-state index contributed by atoms with van der Waals surface area (Å²) in [7, 11) is 0. The van der Waals surface area contributed by atoms with Crippen LogP contribution in [0.25, 0.3) is 0 Å². The van der Waals surface area contributed by atoms with Gasteiger partial charge < -0.3 is 9.84 Å². The molecule has 0 aliphatic heterocycles. The summed E-state index contributed by atoms with van der Waals surface area (Å²) in [4.78, 5) is 0. The van der Waals surface area contributed by atoms with Gasteiger partial charge in [-0.15, -0.1) is 10.2 Å². The third kappa shape index (κ3) is 2.28. The van der Waals surface area contributed by atoms with E-state index in [2.05, 4.69) is 10.2 Å². The van der Waals surface area contributed by atoms with Crippen LogP contribution in [0.4, 0.5) is 0 Å². The van der Waals surface area contributed by atoms with Crippen LogP contribution < -0.4 is 0 Å². The van der Waals surface area contributed by atoms with E-state index in [0.717, 1.165) is 0 Å². The molecule has 1 aromatic rings. The monoisotopic (exact) mass is 157 g/mol. The standard InChI is InChI=1S/C6H11N3O2/c1-6(11-3-2-10)9-4-7-8-5-9/h4-6,10H,2-3H2,1H3. The average molecular weight is 157 g/mol. The topological polar surface area (TPSA) is 60.2 Å². The quantitative estimate of drug-likeness (QED) is 0.657. The van der Waals surface area contributed by atoms with Gasteiger partial charge in [-0.1, -0.05) is 0 Å². The van der Waals surface area contributed by atoms with E-state index >= 15 is 0 Å². The Bertz CT molecular complexity index is 188. The lowest BCUT2D eigenvalue weighted by atomic mass is 10.6. The highest BCUT2D eigenvalue weighted by atomic mass is 16.5. The first-order chi connectivity index (χ1) is 5.34. The van der Waals surface area contributed by atoms with Gasteiger partial charge in [0.15, 0.2) is 0 Å². The number of hydrogen-bond donors (Lipinski definition) is 1. The van der Waals surface area contributed by atoms with Gasteiger partial charge in [0.2, 0.25) is 0 Å². The highest BCUT2D eigenvalue weighted by Gasteiger charge is 2.01. The maximum Gasteiger partial charge on any atom is 0.133 e. The molecule has 1 unspecified atom stereocenters. The molecule has 0 radical (unpaired) electrons. The van der Waals surface area contributed by atoms with Gasteiger partial charge in [0.1, 0.15) is 18.9 Å². The molecule has 0 aliphatic rings. The third-order valence-corrected chi connectivity index (χ3v) is 1.31. The number of aromatic nitrogens is 3. The molecule has 0 amide bonds. The predicted octanol–water partition coefficient (Wildman–Crippen LogP) is -0.195. The molecule has 5 heteroatoms. The third-order valence-electron chi connectivity index (χ3n) is 1.31. The average Bonchev–Trinajstić information content (AvgIpc) is 2.52. The Morgan fingerprint density at radius 2 is 2.18 bits per heavy atom. The molecule has 1 N–H and O–H groups in total. The van der Waals surface area contributed by atoms with Crippen LogP contribution in [0.3, 0.4) is 0 Å². The van der Waals surface area contributed by atoms with Crippen LogP contribution in [-0.4, -0.2) is 33.1 Å². The summed E-state index contributed by atoms with van der Waals surface area (Å²) in [6, 6.07) is 0. The van der Waals surface area contributed by atoms with Gasteiger partial charge in [-0.05, 0) is 6.92 Å². The van der Waals surface area contributed by atoms with E-state index in [9.17, 15) is 0 Å². The molecule has 11 heavy (non-hydrogen) atoms. The predicted molar refractivity (Wildman–Crippen MR) is 37.8 cm³/mol. The molecule has 62 valence electrons. The fourth-order valence-electron chi connectivity index (χ4n) is 0.706. The normalized spacial score (nSPS) is 13.3. The maximum atomic E-state index is 8.45. The number of hydrogen-bond acceptors (Lipinski definition) is 4. The molecule has 1 atom stereocenters. The van der Waals surface area contributed by atoms with Crippen molar-refractivity contribution in [1.82, 2.24) is 14.8 Å². The molecule has 0 bridgehead atoms. The van der Waals surface area contributed by atoms with E-state index in [1.807, 2.05) is 6.92 Å². The van der Waals surface area contributed by atoms with Crippen molar-refractivity contribution in [2.45, 2.75) is 13.2 Å². The molecule has 0 aromatic carbocycles. The van der Waals surface area contributed by atoms with Crippen LogP contribution >= 0.6 is 0 Å². The Morgan fingerprint density at radius 3 is 2.73 bits per heavy atom. The first-order valence-corrected chi connectivity index (χ1v) is 3.41. The molecule has 0 aliphatic carbocycles. The largest absolute Gasteiger partial charge is 0.394 e. The molecule has 1 heterocycles.